The number of carbonyl (C=O) groups excluding carboxylic acids is 6. The first kappa shape index (κ1) is 43.7. The van der Waals surface area contributed by atoms with Gasteiger partial charge >= 0.3 is 0 Å². The van der Waals surface area contributed by atoms with E-state index in [-0.39, 0.29) is 75.3 Å². The van der Waals surface area contributed by atoms with Crippen molar-refractivity contribution in [3.63, 3.8) is 0 Å². The van der Waals surface area contributed by atoms with Crippen LogP contribution in [0.15, 0.2) is 97.3 Å². The molecule has 1 saturated heterocycles. The largest absolute Gasteiger partial charge is 0.383 e. The van der Waals surface area contributed by atoms with Crippen molar-refractivity contribution in [2.45, 2.75) is 51.6 Å². The summed E-state index contributed by atoms with van der Waals surface area (Å²) >= 11 is 0. The Morgan fingerprint density at radius 1 is 0.585 bits per heavy atom. The molecule has 3 fully saturated rings. The average molecular weight is 876 g/mol. The quantitative estimate of drug-likeness (QED) is 0.0961. The highest BCUT2D eigenvalue weighted by Crippen LogP contribution is 2.27. The number of amides is 4. The number of primary amides is 1. The van der Waals surface area contributed by atoms with Crippen LogP contribution in [0.4, 0.5) is 11.6 Å². The predicted molar refractivity (Wildman–Crippen MR) is 243 cm³/mol. The van der Waals surface area contributed by atoms with Gasteiger partial charge in [-0.05, 0) is 99.2 Å². The van der Waals surface area contributed by atoms with Crippen LogP contribution < -0.4 is 33.2 Å². The molecule has 4 amide bonds. The second-order valence-corrected chi connectivity index (χ2v) is 16.4. The molecule has 65 heavy (non-hydrogen) atoms. The number of nitrogens with one attached hydrogen (secondary N) is 3. The highest BCUT2D eigenvalue weighted by Gasteiger charge is 2.27. The van der Waals surface area contributed by atoms with Crippen LogP contribution in [0.1, 0.15) is 110 Å². The Balaban J connectivity index is 0.000000179. The van der Waals surface area contributed by atoms with Crippen LogP contribution in [0.25, 0.3) is 11.4 Å². The van der Waals surface area contributed by atoms with E-state index in [2.05, 4.69) is 26.1 Å². The lowest BCUT2D eigenvalue weighted by molar-refractivity contribution is 0.0735. The molecule has 0 spiro atoms. The summed E-state index contributed by atoms with van der Waals surface area (Å²) in [5.41, 5.74) is 23.7. The van der Waals surface area contributed by atoms with Crippen molar-refractivity contribution < 1.29 is 28.8 Å². The van der Waals surface area contributed by atoms with Crippen LogP contribution in [-0.4, -0.2) is 97.9 Å². The number of aryl methyl sites for hydroxylation is 2. The van der Waals surface area contributed by atoms with Gasteiger partial charge in [0.05, 0.1) is 34.9 Å². The number of rotatable bonds is 12. The molecule has 9 N–H and O–H groups in total. The van der Waals surface area contributed by atoms with Crippen molar-refractivity contribution >= 4 is 46.8 Å². The first-order valence-corrected chi connectivity index (χ1v) is 21.4. The van der Waals surface area contributed by atoms with E-state index < -0.39 is 5.91 Å². The van der Waals surface area contributed by atoms with Gasteiger partial charge in [0, 0.05) is 71.6 Å². The van der Waals surface area contributed by atoms with E-state index in [1.807, 2.05) is 26.0 Å². The molecule has 3 heterocycles. The van der Waals surface area contributed by atoms with Gasteiger partial charge in [-0.3, -0.25) is 28.8 Å². The van der Waals surface area contributed by atoms with E-state index in [0.717, 1.165) is 49.9 Å². The third kappa shape index (κ3) is 9.69. The third-order valence-corrected chi connectivity index (χ3v) is 11.5. The Bertz CT molecular complexity index is 2870. The highest BCUT2D eigenvalue weighted by atomic mass is 16.2. The number of nitrogens with two attached hydrogens (primary N) is 3. The maximum Gasteiger partial charge on any atom is 0.253 e. The molecule has 4 aromatic carbocycles. The Hall–Kier alpha value is -7.92. The molecule has 2 saturated carbocycles. The zero-order valence-corrected chi connectivity index (χ0v) is 36.0. The minimum atomic E-state index is -0.620. The van der Waals surface area contributed by atoms with Crippen molar-refractivity contribution in [3.8, 4) is 11.4 Å². The van der Waals surface area contributed by atoms with E-state index in [0.29, 0.717) is 46.7 Å². The van der Waals surface area contributed by atoms with Crippen molar-refractivity contribution in [1.29, 1.82) is 0 Å². The Labute approximate surface area is 374 Å². The van der Waals surface area contributed by atoms with Gasteiger partial charge in [0.1, 0.15) is 11.6 Å². The number of hydrogen-bond donors (Lipinski definition) is 6. The molecule has 0 atom stereocenters. The Morgan fingerprint density at radius 3 is 1.46 bits per heavy atom. The molecular weight excluding hydrogens is 827 g/mol. The molecule has 0 unspecified atom stereocenters. The summed E-state index contributed by atoms with van der Waals surface area (Å²) in [5, 5.41) is 17.8. The van der Waals surface area contributed by atoms with Crippen LogP contribution >= 0.6 is 0 Å². The fourth-order valence-corrected chi connectivity index (χ4v) is 7.37. The second-order valence-electron chi connectivity index (χ2n) is 16.4. The normalized spacial score (nSPS) is 14.5. The molecule has 332 valence electrons. The van der Waals surface area contributed by atoms with Gasteiger partial charge < -0.3 is 38.1 Å². The zero-order valence-electron chi connectivity index (χ0n) is 36.0. The van der Waals surface area contributed by atoms with E-state index in [4.69, 9.17) is 17.2 Å². The lowest BCUT2D eigenvalue weighted by Gasteiger charge is -2.27. The molecule has 0 radical (unpaired) electrons. The number of ketones is 2. The lowest BCUT2D eigenvalue weighted by Crippen LogP contribution is -2.46. The standard InChI is InChI=1S/C26H28N6O3.C22H21N5O3/c1-16-5-6-18(25(34)30-20-7-8-20)14-22(16)32-24(27)21(15-29-32)23(33)17-3-2-4-19(13-17)26(35)31-11-9-28-10-12-31;1-12-5-6-15(22(30)26-16-7-8-16)10-18(12)27-20(23)17(11-25-27)19(28)13-3-2-4-14(9-13)21(24)29/h2-6,13-15,20,28H,7-12,27H2,1H3,(H,30,34);2-6,9-11,16H,7-8,23H2,1H3,(H2,24,29)(H,26,30). The van der Waals surface area contributed by atoms with E-state index in [9.17, 15) is 28.8 Å². The molecule has 6 aromatic rings. The minimum absolute atomic E-state index is 0.0956. The van der Waals surface area contributed by atoms with Gasteiger partial charge in [0.2, 0.25) is 5.91 Å². The summed E-state index contributed by atoms with van der Waals surface area (Å²) in [5.74, 6) is -1.37. The number of nitrogens with zero attached hydrogens (tertiary/aromatic N) is 5. The van der Waals surface area contributed by atoms with Crippen LogP contribution in [0.3, 0.4) is 0 Å². The van der Waals surface area contributed by atoms with Gasteiger partial charge in [0.25, 0.3) is 17.7 Å². The van der Waals surface area contributed by atoms with Gasteiger partial charge in [-0.1, -0.05) is 36.4 Å². The monoisotopic (exact) mass is 875 g/mol. The molecule has 0 bridgehead atoms. The highest BCUT2D eigenvalue weighted by molar-refractivity contribution is 6.13. The fraction of sp³-hybridized carbons (Fsp3) is 0.250. The van der Waals surface area contributed by atoms with Crippen molar-refractivity contribution in [3.05, 3.63) is 153 Å². The number of aromatic nitrogens is 4. The van der Waals surface area contributed by atoms with Crippen molar-refractivity contribution in [2.24, 2.45) is 5.73 Å². The SMILES string of the molecule is Cc1ccc(C(=O)NC2CC2)cc1-n1ncc(C(=O)c2cccc(C(=O)N3CCNCC3)c2)c1N.Cc1ccc(C(=O)NC2CC2)cc1-n1ncc(C(=O)c2cccc(C(N)=O)c2)c1N. The number of anilines is 2. The van der Waals surface area contributed by atoms with E-state index in [1.165, 1.54) is 33.9 Å². The zero-order chi connectivity index (χ0) is 45.9. The van der Waals surface area contributed by atoms with Gasteiger partial charge in [0.15, 0.2) is 11.6 Å². The number of benzene rings is 4. The molecule has 9 rings (SSSR count). The molecular formula is C48H49N11O6. The predicted octanol–water partition coefficient (Wildman–Crippen LogP) is 3.92. The molecule has 2 aromatic heterocycles. The Morgan fingerprint density at radius 2 is 1.02 bits per heavy atom. The molecule has 3 aliphatic rings. The number of hydrogen-bond acceptors (Lipinski definition) is 11. The van der Waals surface area contributed by atoms with Crippen LogP contribution in [0.2, 0.25) is 0 Å². The second kappa shape index (κ2) is 18.4. The van der Waals surface area contributed by atoms with E-state index in [1.54, 1.807) is 65.6 Å². The number of carbonyl (C=O) groups is 6. The van der Waals surface area contributed by atoms with Crippen LogP contribution in [-0.2, 0) is 0 Å². The molecule has 17 nitrogen and oxygen atoms in total. The smallest absolute Gasteiger partial charge is 0.253 e. The Kier molecular flexibility index (Phi) is 12.4. The van der Waals surface area contributed by atoms with Crippen molar-refractivity contribution in [1.82, 2.24) is 40.4 Å². The summed E-state index contributed by atoms with van der Waals surface area (Å²) in [6, 6.07) is 23.9. The summed E-state index contributed by atoms with van der Waals surface area (Å²) in [7, 11) is 0. The molecule has 1 aliphatic heterocycles. The van der Waals surface area contributed by atoms with Gasteiger partial charge in [-0.15, -0.1) is 0 Å². The van der Waals surface area contributed by atoms with Crippen LogP contribution in [0, 0.1) is 13.8 Å². The number of piperazine rings is 1. The van der Waals surface area contributed by atoms with Crippen molar-refractivity contribution in [2.75, 3.05) is 37.6 Å². The number of nitrogen functional groups attached to an aromatic ring is 2. The average Bonchev–Trinajstić information content (AvgIpc) is 4.25. The summed E-state index contributed by atoms with van der Waals surface area (Å²) in [4.78, 5) is 77.2. The molecule has 2 aliphatic carbocycles. The first-order valence-electron chi connectivity index (χ1n) is 21.4. The summed E-state index contributed by atoms with van der Waals surface area (Å²) in [6.07, 6.45) is 6.82. The third-order valence-electron chi connectivity index (χ3n) is 11.5. The summed E-state index contributed by atoms with van der Waals surface area (Å²) < 4.78 is 2.92. The first-order chi connectivity index (χ1) is 31.3. The minimum Gasteiger partial charge on any atom is -0.383 e. The summed E-state index contributed by atoms with van der Waals surface area (Å²) in [6.45, 7) is 6.54. The van der Waals surface area contributed by atoms with Gasteiger partial charge in [-0.2, -0.15) is 10.2 Å². The maximum atomic E-state index is 13.3. The van der Waals surface area contributed by atoms with E-state index >= 15 is 0 Å². The van der Waals surface area contributed by atoms with Crippen LogP contribution in [0.5, 0.6) is 0 Å². The van der Waals surface area contributed by atoms with Gasteiger partial charge in [-0.25, -0.2) is 9.36 Å². The lowest BCUT2D eigenvalue weighted by atomic mass is 10.0. The molecule has 17 heteroatoms. The fourth-order valence-electron chi connectivity index (χ4n) is 7.37. The topological polar surface area (TPSA) is 255 Å². The maximum absolute atomic E-state index is 13.3.